The Morgan fingerprint density at radius 3 is 2.55 bits per heavy atom. The summed E-state index contributed by atoms with van der Waals surface area (Å²) in [6.07, 6.45) is 5.76. The molecule has 0 aromatic heterocycles. The molecule has 20 heavy (non-hydrogen) atoms. The molecule has 1 aromatic rings. The largest absolute Gasteiger partial charge is 0.318 e. The van der Waals surface area contributed by atoms with Crippen molar-refractivity contribution >= 4 is 5.91 Å². The number of nitrogens with one attached hydrogen (secondary N) is 1. The highest BCUT2D eigenvalue weighted by Crippen LogP contribution is 2.45. The zero-order chi connectivity index (χ0) is 13.7. The lowest BCUT2D eigenvalue weighted by Crippen LogP contribution is -2.44. The topological polar surface area (TPSA) is 32.3 Å². The Bertz CT molecular complexity index is 549. The van der Waals surface area contributed by atoms with Gasteiger partial charge in [0.05, 0.1) is 5.54 Å². The van der Waals surface area contributed by atoms with Gasteiger partial charge in [0.2, 0.25) is 5.91 Å². The lowest BCUT2D eigenvalue weighted by molar-refractivity contribution is -0.133. The summed E-state index contributed by atoms with van der Waals surface area (Å²) in [5.74, 6) is -0.0238. The molecule has 1 atom stereocenters. The molecule has 4 rings (SSSR count). The third-order valence-corrected chi connectivity index (χ3v) is 4.93. The number of amides is 1. The Morgan fingerprint density at radius 1 is 1.20 bits per heavy atom. The predicted octanol–water partition coefficient (Wildman–Crippen LogP) is 2.73. The molecule has 2 aliphatic carbocycles. The van der Waals surface area contributed by atoms with Gasteiger partial charge in [-0.1, -0.05) is 31.0 Å². The molecule has 3 nitrogen and oxygen atoms in total. The standard InChI is InChI=1S/C16H19FN2O/c17-13-6-2-1-5-12(13)14-18-16(9-3-4-10-16)15(20)19(14)11-7-8-11/h1-2,5-6,11,14,18H,3-4,7-10H2. The maximum absolute atomic E-state index is 14.1. The van der Waals surface area contributed by atoms with Gasteiger partial charge in [0.15, 0.2) is 0 Å². The van der Waals surface area contributed by atoms with Crippen LogP contribution in [0, 0.1) is 5.82 Å². The van der Waals surface area contributed by atoms with Crippen LogP contribution >= 0.6 is 0 Å². The molecule has 3 fully saturated rings. The molecule has 0 bridgehead atoms. The fraction of sp³-hybridized carbons (Fsp3) is 0.562. The Hall–Kier alpha value is -1.42. The smallest absolute Gasteiger partial charge is 0.244 e. The highest BCUT2D eigenvalue weighted by atomic mass is 19.1. The molecular weight excluding hydrogens is 255 g/mol. The SMILES string of the molecule is O=C1N(C2CC2)C(c2ccccc2F)NC12CCCC2. The van der Waals surface area contributed by atoms with Crippen molar-refractivity contribution in [3.63, 3.8) is 0 Å². The molecule has 1 spiro atoms. The first-order valence-corrected chi connectivity index (χ1v) is 7.56. The quantitative estimate of drug-likeness (QED) is 0.899. The molecule has 0 radical (unpaired) electrons. The lowest BCUT2D eigenvalue weighted by atomic mass is 9.98. The number of halogens is 1. The lowest BCUT2D eigenvalue weighted by Gasteiger charge is -2.24. The minimum atomic E-state index is -0.421. The minimum absolute atomic E-state index is 0.200. The van der Waals surface area contributed by atoms with E-state index >= 15 is 0 Å². The molecule has 1 N–H and O–H groups in total. The molecule has 1 aromatic carbocycles. The van der Waals surface area contributed by atoms with E-state index in [9.17, 15) is 9.18 Å². The van der Waals surface area contributed by atoms with Crippen LogP contribution in [0.5, 0.6) is 0 Å². The summed E-state index contributed by atoms with van der Waals surface area (Å²) >= 11 is 0. The zero-order valence-corrected chi connectivity index (χ0v) is 11.4. The van der Waals surface area contributed by atoms with Crippen LogP contribution in [-0.2, 0) is 4.79 Å². The Kier molecular flexibility index (Phi) is 2.64. The Labute approximate surface area is 118 Å². The van der Waals surface area contributed by atoms with Crippen molar-refractivity contribution in [1.82, 2.24) is 10.2 Å². The maximum Gasteiger partial charge on any atom is 0.244 e. The van der Waals surface area contributed by atoms with Gasteiger partial charge in [0.25, 0.3) is 0 Å². The number of hydrogen-bond donors (Lipinski definition) is 1. The highest BCUT2D eigenvalue weighted by Gasteiger charge is 2.56. The van der Waals surface area contributed by atoms with Crippen LogP contribution in [0.25, 0.3) is 0 Å². The molecule has 4 heteroatoms. The summed E-state index contributed by atoms with van der Waals surface area (Å²) in [5, 5.41) is 3.48. The number of nitrogens with zero attached hydrogens (tertiary/aromatic N) is 1. The molecule has 1 unspecified atom stereocenters. The van der Waals surface area contributed by atoms with Gasteiger partial charge in [-0.05, 0) is 31.7 Å². The van der Waals surface area contributed by atoms with Gasteiger partial charge in [0.1, 0.15) is 12.0 Å². The zero-order valence-electron chi connectivity index (χ0n) is 11.4. The first-order valence-electron chi connectivity index (χ1n) is 7.56. The molecule has 1 saturated heterocycles. The molecule has 1 amide bonds. The number of benzene rings is 1. The minimum Gasteiger partial charge on any atom is -0.318 e. The summed E-state index contributed by atoms with van der Waals surface area (Å²) in [4.78, 5) is 14.8. The summed E-state index contributed by atoms with van der Waals surface area (Å²) in [5.41, 5.74) is 0.187. The molecule has 106 valence electrons. The van der Waals surface area contributed by atoms with E-state index in [2.05, 4.69) is 5.32 Å². The van der Waals surface area contributed by atoms with Gasteiger partial charge < -0.3 is 4.90 Å². The van der Waals surface area contributed by atoms with Gasteiger partial charge in [0, 0.05) is 11.6 Å². The second kappa shape index (κ2) is 4.29. The van der Waals surface area contributed by atoms with E-state index in [-0.39, 0.29) is 17.9 Å². The van der Waals surface area contributed by atoms with Crippen LogP contribution < -0.4 is 5.32 Å². The van der Waals surface area contributed by atoms with Crippen LogP contribution in [0.2, 0.25) is 0 Å². The Morgan fingerprint density at radius 2 is 1.90 bits per heavy atom. The number of hydrogen-bond acceptors (Lipinski definition) is 2. The summed E-state index contributed by atoms with van der Waals surface area (Å²) in [6, 6.07) is 7.12. The van der Waals surface area contributed by atoms with Crippen LogP contribution in [0.15, 0.2) is 24.3 Å². The average molecular weight is 274 g/mol. The maximum atomic E-state index is 14.1. The number of carbonyl (C=O) groups excluding carboxylic acids is 1. The second-order valence-corrected chi connectivity index (χ2v) is 6.30. The van der Waals surface area contributed by atoms with Crippen LogP contribution in [0.3, 0.4) is 0 Å². The first-order chi connectivity index (χ1) is 9.71. The first kappa shape index (κ1) is 12.3. The van der Waals surface area contributed by atoms with E-state index in [1.165, 1.54) is 6.07 Å². The van der Waals surface area contributed by atoms with E-state index < -0.39 is 5.54 Å². The van der Waals surface area contributed by atoms with E-state index in [0.717, 1.165) is 38.5 Å². The van der Waals surface area contributed by atoms with E-state index in [0.29, 0.717) is 11.6 Å². The van der Waals surface area contributed by atoms with E-state index in [4.69, 9.17) is 0 Å². The third kappa shape index (κ3) is 1.71. The Balaban J connectivity index is 1.74. The molecule has 1 heterocycles. The molecular formula is C16H19FN2O. The highest BCUT2D eigenvalue weighted by molar-refractivity contribution is 5.90. The van der Waals surface area contributed by atoms with Crippen molar-refractivity contribution in [1.29, 1.82) is 0 Å². The van der Waals surface area contributed by atoms with Crippen molar-refractivity contribution in [3.8, 4) is 0 Å². The van der Waals surface area contributed by atoms with Gasteiger partial charge in [-0.3, -0.25) is 10.1 Å². The third-order valence-electron chi connectivity index (χ3n) is 4.93. The predicted molar refractivity (Wildman–Crippen MR) is 73.3 cm³/mol. The van der Waals surface area contributed by atoms with E-state index in [1.54, 1.807) is 12.1 Å². The van der Waals surface area contributed by atoms with Gasteiger partial charge in [-0.25, -0.2) is 4.39 Å². The molecule has 3 aliphatic rings. The van der Waals surface area contributed by atoms with Crippen LogP contribution in [0.1, 0.15) is 50.3 Å². The van der Waals surface area contributed by atoms with Gasteiger partial charge >= 0.3 is 0 Å². The fourth-order valence-electron chi connectivity index (χ4n) is 3.75. The average Bonchev–Trinajstić information content (AvgIpc) is 3.10. The summed E-state index contributed by atoms with van der Waals surface area (Å²) < 4.78 is 14.1. The number of rotatable bonds is 2. The van der Waals surface area contributed by atoms with Crippen molar-refractivity contribution < 1.29 is 9.18 Å². The summed E-state index contributed by atoms with van der Waals surface area (Å²) in [6.45, 7) is 0. The van der Waals surface area contributed by atoms with Crippen molar-refractivity contribution in [2.75, 3.05) is 0 Å². The van der Waals surface area contributed by atoms with Crippen LogP contribution in [-0.4, -0.2) is 22.4 Å². The van der Waals surface area contributed by atoms with E-state index in [1.807, 2.05) is 11.0 Å². The molecule has 2 saturated carbocycles. The number of carbonyl (C=O) groups is 1. The monoisotopic (exact) mass is 274 g/mol. The second-order valence-electron chi connectivity index (χ2n) is 6.30. The van der Waals surface area contributed by atoms with Gasteiger partial charge in [-0.2, -0.15) is 0 Å². The van der Waals surface area contributed by atoms with Crippen molar-refractivity contribution in [3.05, 3.63) is 35.6 Å². The molecule has 1 aliphatic heterocycles. The normalized spacial score (nSPS) is 28.6. The van der Waals surface area contributed by atoms with Crippen molar-refractivity contribution in [2.24, 2.45) is 0 Å². The summed E-state index contributed by atoms with van der Waals surface area (Å²) in [7, 11) is 0. The van der Waals surface area contributed by atoms with Gasteiger partial charge in [-0.15, -0.1) is 0 Å². The van der Waals surface area contributed by atoms with Crippen molar-refractivity contribution in [2.45, 2.75) is 56.3 Å². The van der Waals surface area contributed by atoms with Crippen LogP contribution in [0.4, 0.5) is 4.39 Å². The fourth-order valence-corrected chi connectivity index (χ4v) is 3.75.